The Kier molecular flexibility index (Phi) is 7.26. The van der Waals surface area contributed by atoms with Crippen LogP contribution in [0.2, 0.25) is 0 Å². The molecule has 2 aromatic rings. The molecular formula is C30H39NO3. The molecule has 0 bridgehead atoms. The first kappa shape index (κ1) is 23.4. The van der Waals surface area contributed by atoms with Gasteiger partial charge in [0.1, 0.15) is 5.75 Å². The van der Waals surface area contributed by atoms with Crippen LogP contribution in [0.3, 0.4) is 0 Å². The molecule has 0 saturated carbocycles. The molecule has 1 fully saturated rings. The molecule has 0 radical (unpaired) electrons. The van der Waals surface area contributed by atoms with E-state index in [9.17, 15) is 5.11 Å². The number of phenolic OH excluding ortho intramolecular Hbond substituents is 1. The molecule has 1 N–H and O–H groups in total. The molecule has 2 aromatic carbocycles. The molecule has 3 aliphatic rings. The van der Waals surface area contributed by atoms with Gasteiger partial charge < -0.3 is 19.5 Å². The van der Waals surface area contributed by atoms with E-state index in [-0.39, 0.29) is 6.29 Å². The van der Waals surface area contributed by atoms with Crippen molar-refractivity contribution in [1.29, 1.82) is 0 Å². The van der Waals surface area contributed by atoms with E-state index >= 15 is 0 Å². The van der Waals surface area contributed by atoms with Crippen molar-refractivity contribution < 1.29 is 14.6 Å². The van der Waals surface area contributed by atoms with Crippen LogP contribution >= 0.6 is 0 Å². The summed E-state index contributed by atoms with van der Waals surface area (Å²) in [5.74, 6) is 1.79. The number of benzene rings is 2. The van der Waals surface area contributed by atoms with Crippen LogP contribution in [0.25, 0.3) is 0 Å². The Labute approximate surface area is 204 Å². The zero-order chi connectivity index (χ0) is 23.5. The van der Waals surface area contributed by atoms with E-state index in [0.29, 0.717) is 23.5 Å². The second kappa shape index (κ2) is 10.5. The SMILES string of the molecule is COC(OC)C1CCN(c2ccc([C@H]3c4ccc(O)cc4CC[C@H]3C3=CCCCC3)cc2)CC1. The number of ether oxygens (including phenoxy) is 2. The predicted molar refractivity (Wildman–Crippen MR) is 137 cm³/mol. The van der Waals surface area contributed by atoms with Gasteiger partial charge in [-0.15, -0.1) is 0 Å². The third-order valence-electron chi connectivity index (χ3n) is 8.40. The van der Waals surface area contributed by atoms with E-state index in [1.807, 2.05) is 12.1 Å². The fourth-order valence-corrected chi connectivity index (χ4v) is 6.62. The lowest BCUT2D eigenvalue weighted by Crippen LogP contribution is -2.39. The average molecular weight is 462 g/mol. The van der Waals surface area contributed by atoms with E-state index in [4.69, 9.17) is 9.47 Å². The van der Waals surface area contributed by atoms with Crippen molar-refractivity contribution in [2.24, 2.45) is 11.8 Å². The summed E-state index contributed by atoms with van der Waals surface area (Å²) in [7, 11) is 3.47. The van der Waals surface area contributed by atoms with Crippen molar-refractivity contribution in [1.82, 2.24) is 0 Å². The molecule has 1 aliphatic heterocycles. The zero-order valence-electron chi connectivity index (χ0n) is 20.7. The molecule has 5 rings (SSSR count). The second-order valence-electron chi connectivity index (χ2n) is 10.3. The molecular weight excluding hydrogens is 422 g/mol. The molecule has 0 spiro atoms. The van der Waals surface area contributed by atoms with Crippen molar-refractivity contribution in [2.75, 3.05) is 32.2 Å². The van der Waals surface area contributed by atoms with Crippen molar-refractivity contribution in [3.05, 3.63) is 70.8 Å². The van der Waals surface area contributed by atoms with Gasteiger partial charge >= 0.3 is 0 Å². The van der Waals surface area contributed by atoms with Gasteiger partial charge in [0.05, 0.1) is 0 Å². The summed E-state index contributed by atoms with van der Waals surface area (Å²) in [5, 5.41) is 10.1. The van der Waals surface area contributed by atoms with Gasteiger partial charge in [0.2, 0.25) is 0 Å². The molecule has 2 atom stereocenters. The van der Waals surface area contributed by atoms with E-state index in [0.717, 1.165) is 32.4 Å². The van der Waals surface area contributed by atoms with Gasteiger partial charge in [0, 0.05) is 44.8 Å². The highest BCUT2D eigenvalue weighted by Gasteiger charge is 2.34. The van der Waals surface area contributed by atoms with Gasteiger partial charge in [0.25, 0.3) is 0 Å². The first-order valence-corrected chi connectivity index (χ1v) is 13.1. The highest BCUT2D eigenvalue weighted by Crippen LogP contribution is 2.47. The monoisotopic (exact) mass is 461 g/mol. The zero-order valence-corrected chi connectivity index (χ0v) is 20.7. The Hall–Kier alpha value is -2.30. The Morgan fingerprint density at radius 3 is 2.35 bits per heavy atom. The molecule has 0 aromatic heterocycles. The van der Waals surface area contributed by atoms with E-state index < -0.39 is 0 Å². The Morgan fingerprint density at radius 2 is 1.68 bits per heavy atom. The van der Waals surface area contributed by atoms with Gasteiger partial charge in [-0.1, -0.05) is 29.8 Å². The van der Waals surface area contributed by atoms with E-state index in [1.165, 1.54) is 54.5 Å². The number of anilines is 1. The Morgan fingerprint density at radius 1 is 0.912 bits per heavy atom. The third kappa shape index (κ3) is 4.76. The summed E-state index contributed by atoms with van der Waals surface area (Å²) in [6.07, 6.45) is 11.9. The van der Waals surface area contributed by atoms with Gasteiger partial charge in [-0.3, -0.25) is 0 Å². The fraction of sp³-hybridized carbons (Fsp3) is 0.533. The maximum atomic E-state index is 10.1. The average Bonchev–Trinajstić information content (AvgIpc) is 2.90. The normalized spacial score (nSPS) is 23.6. The number of aryl methyl sites for hydroxylation is 1. The maximum absolute atomic E-state index is 10.1. The number of hydrogen-bond acceptors (Lipinski definition) is 4. The van der Waals surface area contributed by atoms with Crippen molar-refractivity contribution in [3.63, 3.8) is 0 Å². The number of nitrogens with zero attached hydrogens (tertiary/aromatic N) is 1. The number of hydrogen-bond donors (Lipinski definition) is 1. The summed E-state index contributed by atoms with van der Waals surface area (Å²) in [4.78, 5) is 2.50. The minimum atomic E-state index is -0.0960. The number of piperidine rings is 1. The number of fused-ring (bicyclic) bond motifs is 1. The number of allylic oxidation sites excluding steroid dienone is 2. The third-order valence-corrected chi connectivity index (χ3v) is 8.40. The molecule has 0 unspecified atom stereocenters. The van der Waals surface area contributed by atoms with Crippen LogP contribution in [-0.4, -0.2) is 38.7 Å². The molecule has 2 aliphatic carbocycles. The first-order chi connectivity index (χ1) is 16.7. The van der Waals surface area contributed by atoms with Crippen molar-refractivity contribution >= 4 is 5.69 Å². The highest BCUT2D eigenvalue weighted by molar-refractivity contribution is 5.52. The molecule has 4 nitrogen and oxygen atoms in total. The van der Waals surface area contributed by atoms with Gasteiger partial charge in [0.15, 0.2) is 6.29 Å². The van der Waals surface area contributed by atoms with Crippen LogP contribution in [0, 0.1) is 11.8 Å². The van der Waals surface area contributed by atoms with Crippen LogP contribution in [0.15, 0.2) is 54.1 Å². The standard InChI is InChI=1S/C30H39NO3/c1-33-30(34-2)23-16-18-31(19-17-23)25-11-8-22(9-12-25)29-27(21-6-4-3-5-7-21)14-10-24-20-26(32)13-15-28(24)29/h6,8-9,11-13,15,20,23,27,29-30,32H,3-5,7,10,14,16-19H2,1-2H3/t27-,29+/m0/s1. The van der Waals surface area contributed by atoms with Crippen LogP contribution in [0.5, 0.6) is 5.75 Å². The van der Waals surface area contributed by atoms with Crippen LogP contribution in [0.4, 0.5) is 5.69 Å². The number of methoxy groups -OCH3 is 2. The molecule has 1 heterocycles. The number of phenols is 1. The topological polar surface area (TPSA) is 41.9 Å². The van der Waals surface area contributed by atoms with E-state index in [2.05, 4.69) is 41.3 Å². The van der Waals surface area contributed by atoms with Crippen molar-refractivity contribution in [3.8, 4) is 5.75 Å². The molecule has 182 valence electrons. The van der Waals surface area contributed by atoms with Crippen LogP contribution < -0.4 is 4.90 Å². The summed E-state index contributed by atoms with van der Waals surface area (Å²) in [6.45, 7) is 2.07. The van der Waals surface area contributed by atoms with Crippen LogP contribution in [-0.2, 0) is 15.9 Å². The second-order valence-corrected chi connectivity index (χ2v) is 10.3. The lowest BCUT2D eigenvalue weighted by Gasteiger charge is -2.38. The Bertz CT molecular complexity index is 987. The molecule has 0 amide bonds. The molecule has 4 heteroatoms. The van der Waals surface area contributed by atoms with Gasteiger partial charge in [-0.25, -0.2) is 0 Å². The maximum Gasteiger partial charge on any atom is 0.159 e. The quantitative estimate of drug-likeness (QED) is 0.398. The minimum Gasteiger partial charge on any atom is -0.508 e. The summed E-state index contributed by atoms with van der Waals surface area (Å²) < 4.78 is 11.0. The smallest absolute Gasteiger partial charge is 0.159 e. The van der Waals surface area contributed by atoms with Crippen molar-refractivity contribution in [2.45, 2.75) is 63.6 Å². The largest absolute Gasteiger partial charge is 0.508 e. The lowest BCUT2D eigenvalue weighted by molar-refractivity contribution is -0.141. The van der Waals surface area contributed by atoms with Crippen LogP contribution in [0.1, 0.15) is 67.6 Å². The number of aromatic hydroxyl groups is 1. The summed E-state index contributed by atoms with van der Waals surface area (Å²) in [6, 6.07) is 15.4. The highest BCUT2D eigenvalue weighted by atomic mass is 16.7. The molecule has 34 heavy (non-hydrogen) atoms. The van der Waals surface area contributed by atoms with Gasteiger partial charge in [-0.2, -0.15) is 0 Å². The minimum absolute atomic E-state index is 0.0960. The number of rotatable bonds is 6. The summed E-state index contributed by atoms with van der Waals surface area (Å²) in [5.41, 5.74) is 7.09. The Balaban J connectivity index is 1.38. The molecule has 1 saturated heterocycles. The first-order valence-electron chi connectivity index (χ1n) is 13.1. The predicted octanol–water partition coefficient (Wildman–Crippen LogP) is 6.42. The van der Waals surface area contributed by atoms with Gasteiger partial charge in [-0.05, 0) is 98.2 Å². The fourth-order valence-electron chi connectivity index (χ4n) is 6.62. The lowest BCUT2D eigenvalue weighted by atomic mass is 9.67. The van der Waals surface area contributed by atoms with E-state index in [1.54, 1.807) is 19.8 Å². The summed E-state index contributed by atoms with van der Waals surface area (Å²) >= 11 is 0.